The number of sulfonamides is 1. The van der Waals surface area contributed by atoms with E-state index in [0.717, 1.165) is 16.6 Å². The van der Waals surface area contributed by atoms with Crippen molar-refractivity contribution in [3.63, 3.8) is 0 Å². The molecule has 0 aromatic heterocycles. The van der Waals surface area contributed by atoms with Crippen LogP contribution >= 0.6 is 23.2 Å². The molecule has 2 rings (SSSR count). The van der Waals surface area contributed by atoms with E-state index >= 15 is 0 Å². The maximum atomic E-state index is 13.6. The molecule has 196 valence electrons. The summed E-state index contributed by atoms with van der Waals surface area (Å²) < 4.78 is 26.0. The van der Waals surface area contributed by atoms with E-state index in [9.17, 15) is 28.1 Å². The summed E-state index contributed by atoms with van der Waals surface area (Å²) in [7, 11) is -4.02. The van der Waals surface area contributed by atoms with Crippen LogP contribution in [-0.4, -0.2) is 54.9 Å². The SMILES string of the molecule is CC[C@H](C(=O)NC(C)C)N(Cc1ccc(Cl)c(Cl)c1)C(=O)CN(c1cccc([N+](=O)[O-])c1)S(C)(=O)=O. The summed E-state index contributed by atoms with van der Waals surface area (Å²) in [5.74, 6) is -1.08. The Kier molecular flexibility index (Phi) is 10.1. The minimum Gasteiger partial charge on any atom is -0.352 e. The van der Waals surface area contributed by atoms with Crippen molar-refractivity contribution in [3.05, 3.63) is 68.2 Å². The summed E-state index contributed by atoms with van der Waals surface area (Å²) in [5.41, 5.74) is 0.202. The fraction of sp³-hybridized carbons (Fsp3) is 0.391. The van der Waals surface area contributed by atoms with Gasteiger partial charge in [-0.1, -0.05) is 42.3 Å². The molecular formula is C23H28Cl2N4O6S. The van der Waals surface area contributed by atoms with Crippen LogP contribution in [0.4, 0.5) is 11.4 Å². The zero-order chi connectivity index (χ0) is 27.2. The van der Waals surface area contributed by atoms with Crippen molar-refractivity contribution in [2.24, 2.45) is 0 Å². The Morgan fingerprint density at radius 1 is 1.11 bits per heavy atom. The molecule has 0 saturated heterocycles. The normalized spacial score (nSPS) is 12.2. The summed E-state index contributed by atoms with van der Waals surface area (Å²) in [6, 6.07) is 8.63. The Labute approximate surface area is 220 Å². The van der Waals surface area contributed by atoms with Crippen LogP contribution in [0.3, 0.4) is 0 Å². The van der Waals surface area contributed by atoms with E-state index in [1.165, 1.54) is 23.1 Å². The number of nitro benzene ring substituents is 1. The molecule has 0 fully saturated rings. The maximum Gasteiger partial charge on any atom is 0.271 e. The fourth-order valence-corrected chi connectivity index (χ4v) is 4.67. The second-order valence-corrected chi connectivity index (χ2v) is 11.1. The number of carbonyl (C=O) groups is 2. The third kappa shape index (κ3) is 7.81. The van der Waals surface area contributed by atoms with Gasteiger partial charge in [-0.3, -0.25) is 24.0 Å². The molecule has 2 aromatic rings. The molecule has 0 aliphatic carbocycles. The number of rotatable bonds is 11. The molecule has 2 amide bonds. The lowest BCUT2D eigenvalue weighted by Gasteiger charge is -2.33. The molecule has 0 spiro atoms. The highest BCUT2D eigenvalue weighted by Gasteiger charge is 2.32. The Balaban J connectivity index is 2.50. The molecule has 1 N–H and O–H groups in total. The first-order valence-electron chi connectivity index (χ1n) is 11.0. The number of carbonyl (C=O) groups excluding carboxylic acids is 2. The van der Waals surface area contributed by atoms with Gasteiger partial charge < -0.3 is 10.2 Å². The van der Waals surface area contributed by atoms with Gasteiger partial charge in [0, 0.05) is 24.7 Å². The van der Waals surface area contributed by atoms with E-state index < -0.39 is 39.3 Å². The fourth-order valence-electron chi connectivity index (χ4n) is 3.51. The van der Waals surface area contributed by atoms with E-state index in [1.54, 1.807) is 39.0 Å². The second-order valence-electron chi connectivity index (χ2n) is 8.40. The number of anilines is 1. The van der Waals surface area contributed by atoms with Crippen molar-refractivity contribution in [3.8, 4) is 0 Å². The summed E-state index contributed by atoms with van der Waals surface area (Å²) in [5, 5.41) is 14.6. The van der Waals surface area contributed by atoms with Crippen LogP contribution in [0, 0.1) is 10.1 Å². The average Bonchev–Trinajstić information content (AvgIpc) is 2.78. The molecule has 0 aliphatic heterocycles. The number of nitrogens with zero attached hydrogens (tertiary/aromatic N) is 3. The third-order valence-electron chi connectivity index (χ3n) is 5.16. The van der Waals surface area contributed by atoms with Gasteiger partial charge in [-0.25, -0.2) is 8.42 Å². The molecule has 1 atom stereocenters. The Morgan fingerprint density at radius 3 is 2.31 bits per heavy atom. The molecule has 10 nitrogen and oxygen atoms in total. The Bertz CT molecular complexity index is 1240. The van der Waals surface area contributed by atoms with Crippen LogP contribution in [0.5, 0.6) is 0 Å². The third-order valence-corrected chi connectivity index (χ3v) is 7.04. The van der Waals surface area contributed by atoms with Crippen LogP contribution in [0.25, 0.3) is 0 Å². The van der Waals surface area contributed by atoms with Crippen LogP contribution in [0.1, 0.15) is 32.8 Å². The molecular weight excluding hydrogens is 531 g/mol. The zero-order valence-electron chi connectivity index (χ0n) is 20.3. The molecule has 13 heteroatoms. The quantitative estimate of drug-likeness (QED) is 0.327. The highest BCUT2D eigenvalue weighted by Crippen LogP contribution is 2.26. The van der Waals surface area contributed by atoms with Crippen molar-refractivity contribution in [1.82, 2.24) is 10.2 Å². The van der Waals surface area contributed by atoms with Crippen molar-refractivity contribution >= 4 is 56.4 Å². The second kappa shape index (κ2) is 12.4. The van der Waals surface area contributed by atoms with E-state index in [0.29, 0.717) is 10.6 Å². The lowest BCUT2D eigenvalue weighted by molar-refractivity contribution is -0.384. The van der Waals surface area contributed by atoms with Gasteiger partial charge in [-0.05, 0) is 44.0 Å². The minimum absolute atomic E-state index is 0.0470. The highest BCUT2D eigenvalue weighted by atomic mass is 35.5. The van der Waals surface area contributed by atoms with Gasteiger partial charge in [-0.2, -0.15) is 0 Å². The Morgan fingerprint density at radius 2 is 1.78 bits per heavy atom. The number of hydrogen-bond donors (Lipinski definition) is 1. The predicted molar refractivity (Wildman–Crippen MR) is 140 cm³/mol. The minimum atomic E-state index is -4.02. The smallest absolute Gasteiger partial charge is 0.271 e. The molecule has 2 aromatic carbocycles. The van der Waals surface area contributed by atoms with E-state index in [-0.39, 0.29) is 35.4 Å². The lowest BCUT2D eigenvalue weighted by Crippen LogP contribution is -2.53. The predicted octanol–water partition coefficient (Wildman–Crippen LogP) is 4.00. The summed E-state index contributed by atoms with van der Waals surface area (Å²) in [4.78, 5) is 38.4. The van der Waals surface area contributed by atoms with Gasteiger partial charge in [0.05, 0.1) is 26.9 Å². The van der Waals surface area contributed by atoms with Gasteiger partial charge in [0.1, 0.15) is 12.6 Å². The number of hydrogen-bond acceptors (Lipinski definition) is 6. The van der Waals surface area contributed by atoms with Gasteiger partial charge in [-0.15, -0.1) is 0 Å². The largest absolute Gasteiger partial charge is 0.352 e. The van der Waals surface area contributed by atoms with E-state index in [2.05, 4.69) is 5.32 Å². The number of non-ortho nitro benzene ring substituents is 1. The van der Waals surface area contributed by atoms with Gasteiger partial charge >= 0.3 is 0 Å². The number of halogens is 2. The Hall–Kier alpha value is -2.89. The van der Waals surface area contributed by atoms with Gasteiger partial charge in [0.25, 0.3) is 5.69 Å². The van der Waals surface area contributed by atoms with Crippen LogP contribution in [0.15, 0.2) is 42.5 Å². The molecule has 0 bridgehead atoms. The number of nitro groups is 1. The van der Waals surface area contributed by atoms with Crippen molar-refractivity contribution in [2.75, 3.05) is 17.1 Å². The first-order valence-corrected chi connectivity index (χ1v) is 13.6. The number of benzene rings is 2. The van der Waals surface area contributed by atoms with Gasteiger partial charge in [0.15, 0.2) is 0 Å². The highest BCUT2D eigenvalue weighted by molar-refractivity contribution is 7.92. The summed E-state index contributed by atoms with van der Waals surface area (Å²) in [6.45, 7) is 4.57. The molecule has 0 saturated carbocycles. The summed E-state index contributed by atoms with van der Waals surface area (Å²) in [6.07, 6.45) is 1.15. The maximum absolute atomic E-state index is 13.6. The van der Waals surface area contributed by atoms with Crippen molar-refractivity contribution < 1.29 is 22.9 Å². The number of amides is 2. The van der Waals surface area contributed by atoms with E-state index in [4.69, 9.17) is 23.2 Å². The topological polar surface area (TPSA) is 130 Å². The lowest BCUT2D eigenvalue weighted by atomic mass is 10.1. The number of nitrogens with one attached hydrogen (secondary N) is 1. The van der Waals surface area contributed by atoms with Gasteiger partial charge in [0.2, 0.25) is 21.8 Å². The molecule has 0 heterocycles. The zero-order valence-corrected chi connectivity index (χ0v) is 22.6. The summed E-state index contributed by atoms with van der Waals surface area (Å²) >= 11 is 12.1. The van der Waals surface area contributed by atoms with Crippen LogP contribution in [-0.2, 0) is 26.2 Å². The van der Waals surface area contributed by atoms with Crippen LogP contribution in [0.2, 0.25) is 10.0 Å². The first kappa shape index (κ1) is 29.3. The standard InChI is InChI=1S/C23H28Cl2N4O6S/c1-5-21(23(31)26-15(2)3)27(13-16-9-10-19(24)20(25)11-16)22(30)14-28(36(4,34)35)17-7-6-8-18(12-17)29(32)33/h6-12,15,21H,5,13-14H2,1-4H3,(H,26,31)/t21-/m1/s1. The van der Waals surface area contributed by atoms with E-state index in [1.807, 2.05) is 0 Å². The monoisotopic (exact) mass is 558 g/mol. The molecule has 36 heavy (non-hydrogen) atoms. The van der Waals surface area contributed by atoms with Crippen LogP contribution < -0.4 is 9.62 Å². The first-order chi connectivity index (χ1) is 16.7. The molecule has 0 aliphatic rings. The average molecular weight is 559 g/mol. The van der Waals surface area contributed by atoms with Crippen molar-refractivity contribution in [2.45, 2.75) is 45.8 Å². The molecule has 0 unspecified atom stereocenters. The van der Waals surface area contributed by atoms with Crippen molar-refractivity contribution in [1.29, 1.82) is 0 Å². The molecule has 0 radical (unpaired) electrons.